The van der Waals surface area contributed by atoms with Crippen LogP contribution in [0.5, 0.6) is 0 Å². The molecule has 0 aromatic heterocycles. The van der Waals surface area contributed by atoms with Crippen LogP contribution in [0.15, 0.2) is 18.2 Å². The first-order chi connectivity index (χ1) is 9.56. The van der Waals surface area contributed by atoms with Crippen molar-refractivity contribution in [2.24, 2.45) is 0 Å². The van der Waals surface area contributed by atoms with Crippen LogP contribution in [0.1, 0.15) is 6.42 Å². The fourth-order valence-electron chi connectivity index (χ4n) is 1.98. The molecule has 0 spiro atoms. The lowest BCUT2D eigenvalue weighted by molar-refractivity contribution is 0.0161. The van der Waals surface area contributed by atoms with Crippen LogP contribution < -0.4 is 10.6 Å². The van der Waals surface area contributed by atoms with Crippen LogP contribution in [0, 0.1) is 11.6 Å². The number of benzene rings is 1. The van der Waals surface area contributed by atoms with Gasteiger partial charge in [0.1, 0.15) is 17.3 Å². The number of thioether (sulfide) groups is 1. The Kier molecular flexibility index (Phi) is 4.82. The first kappa shape index (κ1) is 15.1. The lowest BCUT2D eigenvalue weighted by Crippen LogP contribution is -2.45. The number of carbonyl (C=O) groups is 1. The number of hydrogen-bond acceptors (Lipinski definition) is 3. The Morgan fingerprint density at radius 3 is 2.70 bits per heavy atom. The Hall–Kier alpha value is -1.34. The summed E-state index contributed by atoms with van der Waals surface area (Å²) < 4.78 is 32.2. The number of ether oxygens (including phenoxy) is 1. The lowest BCUT2D eigenvalue weighted by Gasteiger charge is -2.26. The molecule has 2 N–H and O–H groups in total. The van der Waals surface area contributed by atoms with Gasteiger partial charge >= 0.3 is 6.03 Å². The summed E-state index contributed by atoms with van der Waals surface area (Å²) in [6.45, 7) is 0.304. The number of anilines is 1. The minimum Gasteiger partial charge on any atom is -0.376 e. The molecule has 1 atom stereocenters. The maximum absolute atomic E-state index is 13.4. The van der Waals surface area contributed by atoms with Crippen LogP contribution in [0.2, 0.25) is 0 Å². The van der Waals surface area contributed by atoms with Crippen LogP contribution in [0.3, 0.4) is 0 Å². The number of para-hydroxylation sites is 1. The van der Waals surface area contributed by atoms with Crippen LogP contribution >= 0.6 is 11.8 Å². The van der Waals surface area contributed by atoms with Crippen LogP contribution in [-0.4, -0.2) is 36.8 Å². The summed E-state index contributed by atoms with van der Waals surface area (Å²) in [5, 5.41) is 4.78. The van der Waals surface area contributed by atoms with Crippen molar-refractivity contribution in [1.82, 2.24) is 5.32 Å². The van der Waals surface area contributed by atoms with Gasteiger partial charge in [-0.05, 0) is 24.3 Å². The summed E-state index contributed by atoms with van der Waals surface area (Å²) in [7, 11) is 1.60. The maximum atomic E-state index is 13.4. The number of hydrogen-bond donors (Lipinski definition) is 2. The number of carbonyl (C=O) groups excluding carboxylic acids is 1. The standard InChI is InChI=1S/C13H16F2N2O2S/c1-19-13(5-6-20-8-13)7-16-12(18)17-11-9(14)3-2-4-10(11)15/h2-4H,5-8H2,1H3,(H2,16,17,18). The third-order valence-electron chi connectivity index (χ3n) is 3.27. The van der Waals surface area contributed by atoms with Crippen molar-refractivity contribution in [2.75, 3.05) is 30.5 Å². The van der Waals surface area contributed by atoms with Crippen LogP contribution in [0.4, 0.5) is 19.3 Å². The Bertz CT molecular complexity index is 473. The fourth-order valence-corrected chi connectivity index (χ4v) is 3.37. The molecule has 2 rings (SSSR count). The van der Waals surface area contributed by atoms with Gasteiger partial charge in [0.25, 0.3) is 0 Å². The molecule has 1 saturated heterocycles. The molecule has 0 radical (unpaired) electrons. The van der Waals surface area contributed by atoms with E-state index in [9.17, 15) is 13.6 Å². The average molecular weight is 302 g/mol. The number of urea groups is 1. The lowest BCUT2D eigenvalue weighted by atomic mass is 10.0. The SMILES string of the molecule is COC1(CNC(=O)Nc2c(F)cccc2F)CCSC1. The zero-order valence-electron chi connectivity index (χ0n) is 11.0. The summed E-state index contributed by atoms with van der Waals surface area (Å²) in [4.78, 5) is 11.7. The molecular formula is C13H16F2N2O2S. The second kappa shape index (κ2) is 6.41. The van der Waals surface area contributed by atoms with Gasteiger partial charge in [0, 0.05) is 19.4 Å². The number of rotatable bonds is 4. The summed E-state index contributed by atoms with van der Waals surface area (Å²) in [6, 6.07) is 2.76. The number of nitrogens with one attached hydrogen (secondary N) is 2. The average Bonchev–Trinajstić information content (AvgIpc) is 2.90. The Morgan fingerprint density at radius 1 is 1.45 bits per heavy atom. The van der Waals surface area contributed by atoms with Gasteiger partial charge in [-0.25, -0.2) is 13.6 Å². The summed E-state index contributed by atoms with van der Waals surface area (Å²) in [6.07, 6.45) is 0.836. The molecule has 110 valence electrons. The number of methoxy groups -OCH3 is 1. The van der Waals surface area contributed by atoms with E-state index in [1.807, 2.05) is 0 Å². The van der Waals surface area contributed by atoms with Gasteiger partial charge in [-0.15, -0.1) is 0 Å². The van der Waals surface area contributed by atoms with Crippen molar-refractivity contribution in [1.29, 1.82) is 0 Å². The number of amides is 2. The van der Waals surface area contributed by atoms with Crippen molar-refractivity contribution in [3.05, 3.63) is 29.8 Å². The van der Waals surface area contributed by atoms with E-state index < -0.39 is 29.0 Å². The predicted molar refractivity (Wildman–Crippen MR) is 75.1 cm³/mol. The van der Waals surface area contributed by atoms with Crippen molar-refractivity contribution >= 4 is 23.5 Å². The van der Waals surface area contributed by atoms with E-state index >= 15 is 0 Å². The van der Waals surface area contributed by atoms with Crippen LogP contribution in [-0.2, 0) is 4.74 Å². The normalized spacial score (nSPS) is 21.8. The molecular weight excluding hydrogens is 286 g/mol. The molecule has 0 saturated carbocycles. The second-order valence-electron chi connectivity index (χ2n) is 4.59. The second-order valence-corrected chi connectivity index (χ2v) is 5.70. The first-order valence-corrected chi connectivity index (χ1v) is 7.33. The van der Waals surface area contributed by atoms with Crippen molar-refractivity contribution < 1.29 is 18.3 Å². The van der Waals surface area contributed by atoms with Gasteiger partial charge in [-0.3, -0.25) is 0 Å². The zero-order chi connectivity index (χ0) is 14.6. The largest absolute Gasteiger partial charge is 0.376 e. The molecule has 1 aromatic rings. The Balaban J connectivity index is 1.93. The minimum absolute atomic E-state index is 0.304. The molecule has 1 aliphatic heterocycles. The maximum Gasteiger partial charge on any atom is 0.319 e. The zero-order valence-corrected chi connectivity index (χ0v) is 11.9. The molecule has 1 aliphatic rings. The monoisotopic (exact) mass is 302 g/mol. The molecule has 2 amide bonds. The van der Waals surface area contributed by atoms with E-state index in [1.165, 1.54) is 6.07 Å². The molecule has 1 heterocycles. The topological polar surface area (TPSA) is 50.4 Å². The van der Waals surface area contributed by atoms with Gasteiger partial charge in [0.2, 0.25) is 0 Å². The summed E-state index contributed by atoms with van der Waals surface area (Å²) in [5.74, 6) is 0.146. The molecule has 1 fully saturated rings. The molecule has 4 nitrogen and oxygen atoms in total. The minimum atomic E-state index is -0.807. The summed E-state index contributed by atoms with van der Waals surface area (Å²) in [5.41, 5.74) is -0.840. The Morgan fingerprint density at radius 2 is 2.15 bits per heavy atom. The van der Waals surface area contributed by atoms with Crippen molar-refractivity contribution in [3.63, 3.8) is 0 Å². The molecule has 0 aliphatic carbocycles. The van der Waals surface area contributed by atoms with Gasteiger partial charge in [0.15, 0.2) is 0 Å². The smallest absolute Gasteiger partial charge is 0.319 e. The van der Waals surface area contributed by atoms with E-state index in [1.54, 1.807) is 18.9 Å². The summed E-state index contributed by atoms with van der Waals surface area (Å²) >= 11 is 1.75. The molecule has 1 unspecified atom stereocenters. The third kappa shape index (κ3) is 3.40. The van der Waals surface area contributed by atoms with Gasteiger partial charge < -0.3 is 15.4 Å². The predicted octanol–water partition coefficient (Wildman–Crippen LogP) is 2.61. The van der Waals surface area contributed by atoms with E-state index in [0.717, 1.165) is 30.1 Å². The molecule has 20 heavy (non-hydrogen) atoms. The highest BCUT2D eigenvalue weighted by atomic mass is 32.2. The van der Waals surface area contributed by atoms with E-state index in [0.29, 0.717) is 6.54 Å². The van der Waals surface area contributed by atoms with Gasteiger partial charge in [-0.2, -0.15) is 11.8 Å². The third-order valence-corrected chi connectivity index (χ3v) is 4.50. The quantitative estimate of drug-likeness (QED) is 0.899. The van der Waals surface area contributed by atoms with Crippen molar-refractivity contribution in [3.8, 4) is 0 Å². The van der Waals surface area contributed by atoms with E-state index in [2.05, 4.69) is 10.6 Å². The van der Waals surface area contributed by atoms with Gasteiger partial charge in [0.05, 0.1) is 5.60 Å². The highest BCUT2D eigenvalue weighted by Crippen LogP contribution is 2.30. The van der Waals surface area contributed by atoms with Gasteiger partial charge in [-0.1, -0.05) is 6.07 Å². The molecule has 0 bridgehead atoms. The molecule has 7 heteroatoms. The Labute approximate surface area is 120 Å². The highest BCUT2D eigenvalue weighted by Gasteiger charge is 2.34. The van der Waals surface area contributed by atoms with Crippen molar-refractivity contribution in [2.45, 2.75) is 12.0 Å². The number of halogens is 2. The van der Waals surface area contributed by atoms with E-state index in [4.69, 9.17) is 4.74 Å². The highest BCUT2D eigenvalue weighted by molar-refractivity contribution is 7.99. The molecule has 1 aromatic carbocycles. The van der Waals surface area contributed by atoms with Crippen LogP contribution in [0.25, 0.3) is 0 Å². The fraction of sp³-hybridized carbons (Fsp3) is 0.462. The first-order valence-electron chi connectivity index (χ1n) is 6.18. The van der Waals surface area contributed by atoms with E-state index in [-0.39, 0.29) is 0 Å².